The van der Waals surface area contributed by atoms with E-state index < -0.39 is 0 Å². The van der Waals surface area contributed by atoms with Gasteiger partial charge in [-0.3, -0.25) is 0 Å². The first kappa shape index (κ1) is 8.76. The average Bonchev–Trinajstić information content (AvgIpc) is 2.53. The van der Waals surface area contributed by atoms with Crippen molar-refractivity contribution in [3.63, 3.8) is 0 Å². The summed E-state index contributed by atoms with van der Waals surface area (Å²) >= 11 is 0. The molecule has 0 aromatic heterocycles. The largest absolute Gasteiger partial charge is 0.310 e. The number of hydrogen-bond donors (Lipinski definition) is 1. The van der Waals surface area contributed by atoms with Gasteiger partial charge in [-0.05, 0) is 38.8 Å². The van der Waals surface area contributed by atoms with E-state index in [9.17, 15) is 0 Å². The highest BCUT2D eigenvalue weighted by atomic mass is 14.9. The van der Waals surface area contributed by atoms with Crippen molar-refractivity contribution >= 4 is 0 Å². The quantitative estimate of drug-likeness (QED) is 0.692. The SMILES string of the molecule is Cc1cc(C)cc([C@@H]2CCCN2)c1. The fourth-order valence-electron chi connectivity index (χ4n) is 2.18. The van der Waals surface area contributed by atoms with E-state index in [1.54, 1.807) is 0 Å². The smallest absolute Gasteiger partial charge is 0.0320 e. The first-order valence-corrected chi connectivity index (χ1v) is 5.07. The van der Waals surface area contributed by atoms with Gasteiger partial charge in [0.15, 0.2) is 0 Å². The summed E-state index contributed by atoms with van der Waals surface area (Å²) in [5.74, 6) is 0. The Morgan fingerprint density at radius 3 is 2.38 bits per heavy atom. The molecule has 1 saturated heterocycles. The lowest BCUT2D eigenvalue weighted by atomic mass is 10.0. The summed E-state index contributed by atoms with van der Waals surface area (Å²) in [5, 5.41) is 3.53. The zero-order valence-corrected chi connectivity index (χ0v) is 8.43. The van der Waals surface area contributed by atoms with Crippen LogP contribution in [0.2, 0.25) is 0 Å². The Morgan fingerprint density at radius 2 is 1.85 bits per heavy atom. The number of benzene rings is 1. The topological polar surface area (TPSA) is 12.0 Å². The second-order valence-corrected chi connectivity index (χ2v) is 4.07. The van der Waals surface area contributed by atoms with Crippen molar-refractivity contribution in [3.05, 3.63) is 34.9 Å². The highest BCUT2D eigenvalue weighted by molar-refractivity contribution is 5.31. The minimum Gasteiger partial charge on any atom is -0.310 e. The van der Waals surface area contributed by atoms with Gasteiger partial charge in [-0.2, -0.15) is 0 Å². The van der Waals surface area contributed by atoms with Gasteiger partial charge in [0.2, 0.25) is 0 Å². The number of hydrogen-bond acceptors (Lipinski definition) is 1. The van der Waals surface area contributed by atoms with Crippen LogP contribution in [0.15, 0.2) is 18.2 Å². The second kappa shape index (κ2) is 3.51. The molecule has 0 amide bonds. The molecule has 1 N–H and O–H groups in total. The van der Waals surface area contributed by atoms with Crippen molar-refractivity contribution in [2.45, 2.75) is 32.7 Å². The maximum absolute atomic E-state index is 3.53. The van der Waals surface area contributed by atoms with Crippen LogP contribution in [0.1, 0.15) is 35.6 Å². The predicted octanol–water partition coefficient (Wildman–Crippen LogP) is 2.73. The zero-order chi connectivity index (χ0) is 9.26. The fourth-order valence-corrected chi connectivity index (χ4v) is 2.18. The van der Waals surface area contributed by atoms with Crippen LogP contribution in [-0.2, 0) is 0 Å². The summed E-state index contributed by atoms with van der Waals surface area (Å²) in [4.78, 5) is 0. The van der Waals surface area contributed by atoms with Crippen LogP contribution in [0.5, 0.6) is 0 Å². The Bertz CT molecular complexity index is 278. The maximum Gasteiger partial charge on any atom is 0.0320 e. The summed E-state index contributed by atoms with van der Waals surface area (Å²) < 4.78 is 0. The summed E-state index contributed by atoms with van der Waals surface area (Å²) in [6.45, 7) is 5.52. The standard InChI is InChI=1S/C12H17N/c1-9-6-10(2)8-11(7-9)12-4-3-5-13-12/h6-8,12-13H,3-5H2,1-2H3/t12-/m0/s1. The van der Waals surface area contributed by atoms with Gasteiger partial charge < -0.3 is 5.32 Å². The average molecular weight is 175 g/mol. The Hall–Kier alpha value is -0.820. The van der Waals surface area contributed by atoms with Crippen LogP contribution < -0.4 is 5.32 Å². The van der Waals surface area contributed by atoms with Gasteiger partial charge in [0.1, 0.15) is 0 Å². The Balaban J connectivity index is 2.28. The third kappa shape index (κ3) is 1.92. The zero-order valence-electron chi connectivity index (χ0n) is 8.43. The molecule has 1 heterocycles. The van der Waals surface area contributed by atoms with Gasteiger partial charge in [-0.1, -0.05) is 29.3 Å². The molecule has 0 unspecified atom stereocenters. The van der Waals surface area contributed by atoms with Crippen molar-refractivity contribution in [1.82, 2.24) is 5.32 Å². The summed E-state index contributed by atoms with van der Waals surface area (Å²) in [7, 11) is 0. The van der Waals surface area contributed by atoms with Gasteiger partial charge in [0.05, 0.1) is 0 Å². The molecular formula is C12H17N. The highest BCUT2D eigenvalue weighted by Gasteiger charge is 2.15. The van der Waals surface area contributed by atoms with Gasteiger partial charge in [-0.25, -0.2) is 0 Å². The number of aryl methyl sites for hydroxylation is 2. The minimum absolute atomic E-state index is 0.610. The lowest BCUT2D eigenvalue weighted by molar-refractivity contribution is 0.647. The summed E-state index contributed by atoms with van der Waals surface area (Å²) in [6.07, 6.45) is 2.61. The van der Waals surface area contributed by atoms with Gasteiger partial charge in [0.25, 0.3) is 0 Å². The van der Waals surface area contributed by atoms with E-state index in [4.69, 9.17) is 0 Å². The van der Waals surface area contributed by atoms with E-state index in [0.717, 1.165) is 0 Å². The first-order chi connectivity index (χ1) is 6.25. The van der Waals surface area contributed by atoms with Crippen molar-refractivity contribution in [3.8, 4) is 0 Å². The normalized spacial score (nSPS) is 22.2. The van der Waals surface area contributed by atoms with Crippen molar-refractivity contribution in [1.29, 1.82) is 0 Å². The van der Waals surface area contributed by atoms with Crippen molar-refractivity contribution in [2.24, 2.45) is 0 Å². The third-order valence-corrected chi connectivity index (χ3v) is 2.71. The molecule has 0 bridgehead atoms. The van der Waals surface area contributed by atoms with E-state index in [-0.39, 0.29) is 0 Å². The maximum atomic E-state index is 3.53. The van der Waals surface area contributed by atoms with Crippen LogP contribution in [0.25, 0.3) is 0 Å². The fraction of sp³-hybridized carbons (Fsp3) is 0.500. The van der Waals surface area contributed by atoms with Crippen LogP contribution in [0.4, 0.5) is 0 Å². The molecule has 70 valence electrons. The molecule has 1 atom stereocenters. The summed E-state index contributed by atoms with van der Waals surface area (Å²) in [5.41, 5.74) is 4.22. The molecule has 0 aliphatic carbocycles. The third-order valence-electron chi connectivity index (χ3n) is 2.71. The second-order valence-electron chi connectivity index (χ2n) is 4.07. The van der Waals surface area contributed by atoms with E-state index >= 15 is 0 Å². The Labute approximate surface area is 80.2 Å². The van der Waals surface area contributed by atoms with E-state index in [1.807, 2.05) is 0 Å². The van der Waals surface area contributed by atoms with Gasteiger partial charge in [0, 0.05) is 6.04 Å². The van der Waals surface area contributed by atoms with E-state index in [2.05, 4.69) is 37.4 Å². The molecule has 13 heavy (non-hydrogen) atoms. The molecule has 1 nitrogen and oxygen atoms in total. The van der Waals surface area contributed by atoms with Crippen LogP contribution in [0, 0.1) is 13.8 Å². The van der Waals surface area contributed by atoms with Crippen LogP contribution >= 0.6 is 0 Å². The molecule has 1 aliphatic heterocycles. The molecule has 1 heteroatoms. The molecule has 0 saturated carbocycles. The Morgan fingerprint density at radius 1 is 1.15 bits per heavy atom. The molecule has 2 rings (SSSR count). The highest BCUT2D eigenvalue weighted by Crippen LogP contribution is 2.24. The monoisotopic (exact) mass is 175 g/mol. The lowest BCUT2D eigenvalue weighted by Gasteiger charge is -2.12. The molecule has 1 fully saturated rings. The van der Waals surface area contributed by atoms with Gasteiger partial charge in [-0.15, -0.1) is 0 Å². The molecule has 1 aromatic rings. The molecular weight excluding hydrogens is 158 g/mol. The molecule has 0 radical (unpaired) electrons. The molecule has 0 spiro atoms. The van der Waals surface area contributed by atoms with E-state index in [0.29, 0.717) is 6.04 Å². The Kier molecular flexibility index (Phi) is 2.36. The number of nitrogens with one attached hydrogen (secondary N) is 1. The van der Waals surface area contributed by atoms with E-state index in [1.165, 1.54) is 36.1 Å². The molecule has 1 aliphatic rings. The minimum atomic E-state index is 0.610. The molecule has 1 aromatic carbocycles. The van der Waals surface area contributed by atoms with Gasteiger partial charge >= 0.3 is 0 Å². The first-order valence-electron chi connectivity index (χ1n) is 5.07. The predicted molar refractivity (Wildman–Crippen MR) is 55.9 cm³/mol. The number of rotatable bonds is 1. The van der Waals surface area contributed by atoms with Crippen molar-refractivity contribution < 1.29 is 0 Å². The lowest BCUT2D eigenvalue weighted by Crippen LogP contribution is -2.12. The summed E-state index contributed by atoms with van der Waals surface area (Å²) in [6, 6.07) is 7.45. The van der Waals surface area contributed by atoms with Crippen LogP contribution in [0.3, 0.4) is 0 Å². The van der Waals surface area contributed by atoms with Crippen LogP contribution in [-0.4, -0.2) is 6.54 Å². The van der Waals surface area contributed by atoms with Crippen molar-refractivity contribution in [2.75, 3.05) is 6.54 Å².